The first-order valence-corrected chi connectivity index (χ1v) is 9.71. The first-order chi connectivity index (χ1) is 12.2. The number of thiazole rings is 1. The van der Waals surface area contributed by atoms with Crippen molar-refractivity contribution in [3.63, 3.8) is 0 Å². The Hall–Kier alpha value is -1.49. The Balaban J connectivity index is 1.35. The second kappa shape index (κ2) is 9.27. The average Bonchev–Trinajstić information content (AvgIpc) is 3.31. The maximum absolute atomic E-state index is 12.0. The van der Waals surface area contributed by atoms with E-state index in [0.717, 1.165) is 56.6 Å². The molecule has 2 aliphatic rings. The highest BCUT2D eigenvalue weighted by Gasteiger charge is 2.17. The van der Waals surface area contributed by atoms with E-state index in [1.807, 2.05) is 5.38 Å². The molecular weight excluding hydrogens is 362 g/mol. The molecule has 8 nitrogen and oxygen atoms in total. The summed E-state index contributed by atoms with van der Waals surface area (Å²) in [6, 6.07) is 0. The van der Waals surface area contributed by atoms with Crippen molar-refractivity contribution >= 4 is 39.7 Å². The molecule has 0 unspecified atom stereocenters. The zero-order valence-electron chi connectivity index (χ0n) is 14.0. The van der Waals surface area contributed by atoms with Gasteiger partial charge in [0.05, 0.1) is 31.4 Å². The van der Waals surface area contributed by atoms with Gasteiger partial charge in [-0.3, -0.25) is 15.6 Å². The fourth-order valence-electron chi connectivity index (χ4n) is 2.67. The second-order valence-electron chi connectivity index (χ2n) is 5.92. The van der Waals surface area contributed by atoms with E-state index in [1.54, 1.807) is 11.3 Å². The van der Waals surface area contributed by atoms with Crippen molar-refractivity contribution in [2.45, 2.75) is 25.4 Å². The minimum Gasteiger partial charge on any atom is -0.378 e. The molecule has 1 amide bonds. The summed E-state index contributed by atoms with van der Waals surface area (Å²) in [6.07, 6.45) is 2.53. The highest BCUT2D eigenvalue weighted by Crippen LogP contribution is 2.21. The minimum atomic E-state index is -0.180. The van der Waals surface area contributed by atoms with Crippen LogP contribution in [0.3, 0.4) is 0 Å². The molecular formula is C15H23N5O3S2. The first-order valence-electron chi connectivity index (χ1n) is 8.42. The Morgan fingerprint density at radius 1 is 1.36 bits per heavy atom. The van der Waals surface area contributed by atoms with Crippen molar-refractivity contribution < 1.29 is 14.3 Å². The predicted octanol–water partition coefficient (Wildman–Crippen LogP) is 0.197. The predicted molar refractivity (Wildman–Crippen MR) is 99.7 cm³/mol. The minimum absolute atomic E-state index is 0.180. The molecule has 3 N–H and O–H groups in total. The second-order valence-corrected chi connectivity index (χ2v) is 7.16. The van der Waals surface area contributed by atoms with Crippen molar-refractivity contribution in [2.75, 3.05) is 44.4 Å². The van der Waals surface area contributed by atoms with Crippen LogP contribution < -0.4 is 21.1 Å². The van der Waals surface area contributed by atoms with Crippen LogP contribution >= 0.6 is 23.6 Å². The van der Waals surface area contributed by atoms with E-state index in [2.05, 4.69) is 26.1 Å². The fourth-order valence-corrected chi connectivity index (χ4v) is 3.68. The summed E-state index contributed by atoms with van der Waals surface area (Å²) in [6.45, 7) is 4.57. The topological polar surface area (TPSA) is 87.8 Å². The molecule has 10 heteroatoms. The number of nitrogens with zero attached hydrogens (tertiary/aromatic N) is 2. The van der Waals surface area contributed by atoms with Gasteiger partial charge in [0.25, 0.3) is 0 Å². The van der Waals surface area contributed by atoms with E-state index in [4.69, 9.17) is 21.7 Å². The Morgan fingerprint density at radius 2 is 2.20 bits per heavy atom. The van der Waals surface area contributed by atoms with E-state index >= 15 is 0 Å². The fraction of sp³-hybridized carbons (Fsp3) is 0.667. The lowest BCUT2D eigenvalue weighted by molar-refractivity contribution is -0.121. The molecule has 138 valence electrons. The quantitative estimate of drug-likeness (QED) is 0.489. The number of carbonyl (C=O) groups is 1. The number of hydrogen-bond donors (Lipinski definition) is 3. The van der Waals surface area contributed by atoms with E-state index < -0.39 is 0 Å². The standard InChI is InChI=1S/C15H23N5O3S2/c21-13(18-19-14(24)16-9-12-2-1-5-23-12)8-11-10-25-15(17-11)20-3-6-22-7-4-20/h10,12H,1-9H2,(H,18,21)(H2,16,19,24)/t12-/m1/s1. The van der Waals surface area contributed by atoms with E-state index in [9.17, 15) is 4.79 Å². The van der Waals surface area contributed by atoms with Crippen LogP contribution in [0.5, 0.6) is 0 Å². The van der Waals surface area contributed by atoms with Crippen LogP contribution in [0.15, 0.2) is 5.38 Å². The smallest absolute Gasteiger partial charge is 0.244 e. The van der Waals surface area contributed by atoms with Crippen molar-refractivity contribution in [3.05, 3.63) is 11.1 Å². The molecule has 0 saturated carbocycles. The van der Waals surface area contributed by atoms with Crippen molar-refractivity contribution in [1.29, 1.82) is 0 Å². The van der Waals surface area contributed by atoms with Crippen LogP contribution in [-0.4, -0.2) is 61.6 Å². The number of thiocarbonyl (C=S) groups is 1. The lowest BCUT2D eigenvalue weighted by atomic mass is 10.2. The Bertz CT molecular complexity index is 585. The normalized spacial score (nSPS) is 20.3. The summed E-state index contributed by atoms with van der Waals surface area (Å²) in [5.74, 6) is -0.180. The summed E-state index contributed by atoms with van der Waals surface area (Å²) < 4.78 is 10.8. The number of nitrogens with one attached hydrogen (secondary N) is 3. The summed E-state index contributed by atoms with van der Waals surface area (Å²) in [5, 5.41) is 6.28. The molecule has 0 aliphatic carbocycles. The average molecular weight is 386 g/mol. The van der Waals surface area contributed by atoms with Gasteiger partial charge in [0.2, 0.25) is 5.91 Å². The number of hydrazine groups is 1. The zero-order valence-corrected chi connectivity index (χ0v) is 15.6. The summed E-state index contributed by atoms with van der Waals surface area (Å²) in [7, 11) is 0. The van der Waals surface area contributed by atoms with Gasteiger partial charge < -0.3 is 19.7 Å². The molecule has 2 fully saturated rings. The lowest BCUT2D eigenvalue weighted by Gasteiger charge is -2.26. The van der Waals surface area contributed by atoms with Crippen LogP contribution in [0.2, 0.25) is 0 Å². The molecule has 0 spiro atoms. The molecule has 1 aromatic heterocycles. The van der Waals surface area contributed by atoms with Crippen LogP contribution in [0, 0.1) is 0 Å². The number of carbonyl (C=O) groups excluding carboxylic acids is 1. The number of rotatable bonds is 5. The molecule has 25 heavy (non-hydrogen) atoms. The Morgan fingerprint density at radius 3 is 2.96 bits per heavy atom. The molecule has 0 bridgehead atoms. The van der Waals surface area contributed by atoms with Crippen molar-refractivity contribution in [3.8, 4) is 0 Å². The van der Waals surface area contributed by atoms with Crippen LogP contribution in [0.1, 0.15) is 18.5 Å². The molecule has 1 aromatic rings. The molecule has 0 aromatic carbocycles. The van der Waals surface area contributed by atoms with Gasteiger partial charge in [-0.2, -0.15) is 0 Å². The third-order valence-electron chi connectivity index (χ3n) is 3.99. The van der Waals surface area contributed by atoms with E-state index in [0.29, 0.717) is 11.7 Å². The van der Waals surface area contributed by atoms with Crippen LogP contribution in [-0.2, 0) is 20.7 Å². The van der Waals surface area contributed by atoms with Crippen molar-refractivity contribution in [1.82, 2.24) is 21.2 Å². The van der Waals surface area contributed by atoms with Gasteiger partial charge in [-0.15, -0.1) is 11.3 Å². The maximum Gasteiger partial charge on any atom is 0.244 e. The van der Waals surface area contributed by atoms with Crippen LogP contribution in [0.25, 0.3) is 0 Å². The first kappa shape index (κ1) is 18.3. The summed E-state index contributed by atoms with van der Waals surface area (Å²) >= 11 is 6.69. The Labute approximate surface area is 156 Å². The van der Waals surface area contributed by atoms with E-state index in [-0.39, 0.29) is 18.4 Å². The number of hydrogen-bond acceptors (Lipinski definition) is 7. The van der Waals surface area contributed by atoms with Gasteiger partial charge in [0.15, 0.2) is 10.2 Å². The zero-order chi connectivity index (χ0) is 17.5. The number of amides is 1. The van der Waals surface area contributed by atoms with Gasteiger partial charge >= 0.3 is 0 Å². The number of morpholine rings is 1. The third-order valence-corrected chi connectivity index (χ3v) is 5.19. The molecule has 3 heterocycles. The lowest BCUT2D eigenvalue weighted by Crippen LogP contribution is -2.48. The molecule has 0 radical (unpaired) electrons. The number of anilines is 1. The molecule has 2 aliphatic heterocycles. The summed E-state index contributed by atoms with van der Waals surface area (Å²) in [5.41, 5.74) is 6.06. The van der Waals surface area contributed by atoms with Crippen LogP contribution in [0.4, 0.5) is 5.13 Å². The van der Waals surface area contributed by atoms with Crippen molar-refractivity contribution in [2.24, 2.45) is 0 Å². The SMILES string of the molecule is O=C(Cc1csc(N2CCOCC2)n1)NNC(=S)NC[C@H]1CCCO1. The van der Waals surface area contributed by atoms with Gasteiger partial charge in [0.1, 0.15) is 0 Å². The van der Waals surface area contributed by atoms with Gasteiger partial charge in [-0.1, -0.05) is 0 Å². The maximum atomic E-state index is 12.0. The van der Waals surface area contributed by atoms with Gasteiger partial charge in [-0.05, 0) is 25.1 Å². The highest BCUT2D eigenvalue weighted by molar-refractivity contribution is 7.80. The van der Waals surface area contributed by atoms with Gasteiger partial charge in [-0.25, -0.2) is 4.98 Å². The molecule has 2 saturated heterocycles. The number of ether oxygens (including phenoxy) is 2. The van der Waals surface area contributed by atoms with E-state index in [1.165, 1.54) is 0 Å². The Kier molecular flexibility index (Phi) is 6.79. The molecule has 3 rings (SSSR count). The highest BCUT2D eigenvalue weighted by atomic mass is 32.1. The largest absolute Gasteiger partial charge is 0.378 e. The molecule has 1 atom stereocenters. The monoisotopic (exact) mass is 385 g/mol. The third kappa shape index (κ3) is 5.77. The summed E-state index contributed by atoms with van der Waals surface area (Å²) in [4.78, 5) is 18.7. The number of aromatic nitrogens is 1. The van der Waals surface area contributed by atoms with Gasteiger partial charge in [0, 0.05) is 31.6 Å².